The van der Waals surface area contributed by atoms with Gasteiger partial charge in [0, 0.05) is 37.3 Å². The van der Waals surface area contributed by atoms with Gasteiger partial charge in [0.15, 0.2) is 0 Å². The number of thiazole rings is 1. The highest BCUT2D eigenvalue weighted by atomic mass is 32.1. The van der Waals surface area contributed by atoms with Crippen molar-refractivity contribution in [3.05, 3.63) is 39.6 Å². The van der Waals surface area contributed by atoms with E-state index < -0.39 is 0 Å². The van der Waals surface area contributed by atoms with Crippen LogP contribution in [0.25, 0.3) is 0 Å². The molecule has 6 nitrogen and oxygen atoms in total. The van der Waals surface area contributed by atoms with Gasteiger partial charge in [-0.05, 0) is 32.4 Å². The van der Waals surface area contributed by atoms with Crippen LogP contribution in [0, 0.1) is 24.2 Å². The van der Waals surface area contributed by atoms with Crippen molar-refractivity contribution in [1.29, 1.82) is 5.26 Å². The van der Waals surface area contributed by atoms with Crippen LogP contribution in [0.4, 0.5) is 0 Å². The van der Waals surface area contributed by atoms with Crippen LogP contribution in [-0.4, -0.2) is 52.4 Å². The highest BCUT2D eigenvalue weighted by molar-refractivity contribution is 7.09. The Morgan fingerprint density at radius 3 is 3.12 bits per heavy atom. The summed E-state index contributed by atoms with van der Waals surface area (Å²) in [5.74, 6) is 0.470. The molecule has 126 valence electrons. The maximum Gasteiger partial charge on any atom is 0.270 e. The Balaban J connectivity index is 1.52. The van der Waals surface area contributed by atoms with Crippen LogP contribution in [0.15, 0.2) is 17.8 Å². The molecular weight excluding hydrogens is 322 g/mol. The molecule has 1 N–H and O–H groups in total. The number of rotatable bonds is 5. The number of nitrogens with zero attached hydrogens (tertiary/aromatic N) is 4. The van der Waals surface area contributed by atoms with Gasteiger partial charge < -0.3 is 14.8 Å². The molecule has 1 saturated heterocycles. The maximum atomic E-state index is 12.5. The number of hydrogen-bond donors (Lipinski definition) is 1. The van der Waals surface area contributed by atoms with E-state index in [0.717, 1.165) is 38.3 Å². The molecule has 2 aromatic heterocycles. The standard InChI is InChI=1S/C17H21N5OS/c1-12-16(24-11-20-12)10-21(2)8-13-3-4-22(9-13)17(23)15-5-14(6-18)7-19-15/h5,7,11,13,19H,3-4,8-10H2,1-2H3/t13-/m1/s1. The average molecular weight is 343 g/mol. The minimum absolute atomic E-state index is 0.0139. The lowest BCUT2D eigenvalue weighted by atomic mass is 10.1. The van der Waals surface area contributed by atoms with Crippen molar-refractivity contribution in [1.82, 2.24) is 19.8 Å². The van der Waals surface area contributed by atoms with Crippen molar-refractivity contribution in [2.75, 3.05) is 26.7 Å². The molecule has 3 rings (SSSR count). The second-order valence-corrected chi connectivity index (χ2v) is 7.32. The van der Waals surface area contributed by atoms with Crippen molar-refractivity contribution >= 4 is 17.2 Å². The number of likely N-dealkylation sites (tertiary alicyclic amines) is 1. The van der Waals surface area contributed by atoms with Crippen molar-refractivity contribution in [3.63, 3.8) is 0 Å². The van der Waals surface area contributed by atoms with Crippen LogP contribution < -0.4 is 0 Å². The molecule has 2 aromatic rings. The highest BCUT2D eigenvalue weighted by Gasteiger charge is 2.28. The molecule has 3 heterocycles. The monoisotopic (exact) mass is 343 g/mol. The van der Waals surface area contributed by atoms with Crippen molar-refractivity contribution in [2.45, 2.75) is 19.9 Å². The first kappa shape index (κ1) is 16.7. The molecule has 0 aliphatic carbocycles. The molecule has 0 bridgehead atoms. The summed E-state index contributed by atoms with van der Waals surface area (Å²) in [4.78, 5) is 25.2. The fraction of sp³-hybridized carbons (Fsp3) is 0.471. The number of H-pyrrole nitrogens is 1. The molecular formula is C17H21N5OS. The number of aromatic nitrogens is 2. The van der Waals surface area contributed by atoms with Gasteiger partial charge in [-0.2, -0.15) is 5.26 Å². The van der Waals surface area contributed by atoms with E-state index in [1.54, 1.807) is 23.6 Å². The van der Waals surface area contributed by atoms with E-state index in [1.165, 1.54) is 4.88 Å². The molecule has 0 radical (unpaired) electrons. The third-order valence-electron chi connectivity index (χ3n) is 4.44. The molecule has 1 fully saturated rings. The Kier molecular flexibility index (Phi) is 4.97. The predicted octanol–water partition coefficient (Wildman–Crippen LogP) is 2.25. The van der Waals surface area contributed by atoms with E-state index >= 15 is 0 Å². The number of hydrogen-bond acceptors (Lipinski definition) is 5. The van der Waals surface area contributed by atoms with Crippen LogP contribution in [0.1, 0.15) is 33.0 Å². The van der Waals surface area contributed by atoms with Crippen LogP contribution >= 0.6 is 11.3 Å². The van der Waals surface area contributed by atoms with E-state index in [4.69, 9.17) is 5.26 Å². The number of aromatic amines is 1. The number of nitrogens with one attached hydrogen (secondary N) is 1. The van der Waals surface area contributed by atoms with E-state index in [9.17, 15) is 4.79 Å². The second kappa shape index (κ2) is 7.16. The van der Waals surface area contributed by atoms with Gasteiger partial charge in [0.25, 0.3) is 5.91 Å². The van der Waals surface area contributed by atoms with Gasteiger partial charge in [0.05, 0.1) is 16.8 Å². The zero-order chi connectivity index (χ0) is 17.1. The Bertz CT molecular complexity index is 759. The smallest absolute Gasteiger partial charge is 0.270 e. The lowest BCUT2D eigenvalue weighted by Gasteiger charge is -2.21. The molecule has 24 heavy (non-hydrogen) atoms. The maximum absolute atomic E-state index is 12.5. The minimum atomic E-state index is -0.0139. The topological polar surface area (TPSA) is 76.0 Å². The Morgan fingerprint density at radius 2 is 2.46 bits per heavy atom. The summed E-state index contributed by atoms with van der Waals surface area (Å²) in [7, 11) is 2.12. The summed E-state index contributed by atoms with van der Waals surface area (Å²) in [5, 5.41) is 8.86. The van der Waals surface area contributed by atoms with E-state index in [2.05, 4.69) is 21.9 Å². The van der Waals surface area contributed by atoms with Crippen LogP contribution in [0.5, 0.6) is 0 Å². The molecule has 0 spiro atoms. The normalized spacial score (nSPS) is 17.4. The van der Waals surface area contributed by atoms with Crippen LogP contribution in [-0.2, 0) is 6.54 Å². The first-order valence-corrected chi connectivity index (χ1v) is 8.90. The summed E-state index contributed by atoms with van der Waals surface area (Å²) in [6.45, 7) is 5.46. The van der Waals surface area contributed by atoms with Gasteiger partial charge in [0.2, 0.25) is 0 Å². The summed E-state index contributed by atoms with van der Waals surface area (Å²) in [6.07, 6.45) is 2.59. The molecule has 1 amide bonds. The molecule has 1 atom stereocenters. The minimum Gasteiger partial charge on any atom is -0.356 e. The van der Waals surface area contributed by atoms with Gasteiger partial charge >= 0.3 is 0 Å². The van der Waals surface area contributed by atoms with Gasteiger partial charge in [0.1, 0.15) is 11.8 Å². The van der Waals surface area contributed by atoms with Gasteiger partial charge in [-0.1, -0.05) is 0 Å². The lowest BCUT2D eigenvalue weighted by molar-refractivity contribution is 0.0779. The number of aryl methyl sites for hydroxylation is 1. The van der Waals surface area contributed by atoms with Crippen molar-refractivity contribution < 1.29 is 4.79 Å². The van der Waals surface area contributed by atoms with Crippen molar-refractivity contribution in [3.8, 4) is 6.07 Å². The van der Waals surface area contributed by atoms with E-state index in [-0.39, 0.29) is 5.91 Å². The predicted molar refractivity (Wildman–Crippen MR) is 92.7 cm³/mol. The Hall–Kier alpha value is -2.17. The number of amides is 1. The fourth-order valence-corrected chi connectivity index (χ4v) is 4.00. The fourth-order valence-electron chi connectivity index (χ4n) is 3.15. The quantitative estimate of drug-likeness (QED) is 0.903. The summed E-state index contributed by atoms with van der Waals surface area (Å²) >= 11 is 1.70. The zero-order valence-corrected chi connectivity index (χ0v) is 14.8. The van der Waals surface area contributed by atoms with Crippen molar-refractivity contribution in [2.24, 2.45) is 5.92 Å². The largest absolute Gasteiger partial charge is 0.356 e. The Morgan fingerprint density at radius 1 is 1.62 bits per heavy atom. The molecule has 0 saturated carbocycles. The number of carbonyl (C=O) groups excluding carboxylic acids is 1. The Labute approximate surface area is 145 Å². The molecule has 1 aliphatic heterocycles. The van der Waals surface area contributed by atoms with Gasteiger partial charge in [-0.25, -0.2) is 4.98 Å². The first-order valence-electron chi connectivity index (χ1n) is 8.02. The molecule has 7 heteroatoms. The lowest BCUT2D eigenvalue weighted by Crippen LogP contribution is -2.31. The van der Waals surface area contributed by atoms with E-state index in [0.29, 0.717) is 17.2 Å². The van der Waals surface area contributed by atoms with Crippen LogP contribution in [0.2, 0.25) is 0 Å². The van der Waals surface area contributed by atoms with Crippen LogP contribution in [0.3, 0.4) is 0 Å². The average Bonchev–Trinajstić information content (AvgIpc) is 3.29. The summed E-state index contributed by atoms with van der Waals surface area (Å²) in [6, 6.07) is 3.66. The zero-order valence-electron chi connectivity index (χ0n) is 14.0. The van der Waals surface area contributed by atoms with Gasteiger partial charge in [-0.3, -0.25) is 4.79 Å². The summed E-state index contributed by atoms with van der Waals surface area (Å²) < 4.78 is 0. The number of carbonyl (C=O) groups is 1. The molecule has 0 aromatic carbocycles. The third kappa shape index (κ3) is 3.66. The molecule has 1 aliphatic rings. The third-order valence-corrected chi connectivity index (χ3v) is 5.36. The molecule has 0 unspecified atom stereocenters. The second-order valence-electron chi connectivity index (χ2n) is 6.38. The number of nitriles is 1. The highest BCUT2D eigenvalue weighted by Crippen LogP contribution is 2.21. The SMILES string of the molecule is Cc1ncsc1CN(C)C[C@H]1CCN(C(=O)c2cc(C#N)c[nH]2)C1. The van der Waals surface area contributed by atoms with Gasteiger partial charge in [-0.15, -0.1) is 11.3 Å². The first-order chi connectivity index (χ1) is 11.6. The van der Waals surface area contributed by atoms with E-state index in [1.807, 2.05) is 23.4 Å². The summed E-state index contributed by atoms with van der Waals surface area (Å²) in [5.41, 5.74) is 3.99.